The van der Waals surface area contributed by atoms with Gasteiger partial charge in [0.15, 0.2) is 0 Å². The number of thioether (sulfide) groups is 1. The van der Waals surface area contributed by atoms with E-state index in [1.54, 1.807) is 17.0 Å². The fourth-order valence-electron chi connectivity index (χ4n) is 4.45. The number of nitrogens with zero attached hydrogens (tertiary/aromatic N) is 3. The first-order valence-electron chi connectivity index (χ1n) is 12.1. The zero-order valence-electron chi connectivity index (χ0n) is 21.6. The first-order chi connectivity index (χ1) is 17.0. The van der Waals surface area contributed by atoms with Gasteiger partial charge in [-0.05, 0) is 50.1 Å². The summed E-state index contributed by atoms with van der Waals surface area (Å²) in [5.74, 6) is 0.0670. The fraction of sp³-hybridized carbons (Fsp3) is 0.393. The molecule has 1 aromatic heterocycles. The Morgan fingerprint density at radius 1 is 1.17 bits per heavy atom. The van der Waals surface area contributed by atoms with E-state index in [0.717, 1.165) is 28.1 Å². The molecule has 1 N–H and O–H groups in total. The van der Waals surface area contributed by atoms with E-state index in [2.05, 4.69) is 26.1 Å². The molecule has 36 heavy (non-hydrogen) atoms. The van der Waals surface area contributed by atoms with E-state index in [9.17, 15) is 14.0 Å². The summed E-state index contributed by atoms with van der Waals surface area (Å²) >= 11 is 1.48. The number of rotatable bonds is 5. The van der Waals surface area contributed by atoms with Crippen molar-refractivity contribution in [3.63, 3.8) is 0 Å². The highest BCUT2D eigenvalue weighted by Gasteiger charge is 2.40. The van der Waals surface area contributed by atoms with E-state index >= 15 is 0 Å². The van der Waals surface area contributed by atoms with Gasteiger partial charge >= 0.3 is 0 Å². The van der Waals surface area contributed by atoms with Gasteiger partial charge in [-0.1, -0.05) is 51.1 Å². The quantitative estimate of drug-likeness (QED) is 0.507. The normalized spacial score (nSPS) is 16.2. The molecule has 6 nitrogen and oxygen atoms in total. The average Bonchev–Trinajstić information content (AvgIpc) is 3.13. The van der Waals surface area contributed by atoms with Crippen molar-refractivity contribution in [3.05, 3.63) is 76.7 Å². The highest BCUT2D eigenvalue weighted by atomic mass is 32.2. The Hall–Kier alpha value is -3.13. The first-order valence-corrected chi connectivity index (χ1v) is 13.2. The molecule has 190 valence electrons. The third-order valence-electron chi connectivity index (χ3n) is 6.07. The summed E-state index contributed by atoms with van der Waals surface area (Å²) in [7, 11) is 0. The molecule has 0 radical (unpaired) electrons. The Labute approximate surface area is 216 Å². The number of para-hydroxylation sites is 1. The number of fused-ring (bicyclic) bond motifs is 1. The summed E-state index contributed by atoms with van der Waals surface area (Å²) in [4.78, 5) is 28.1. The van der Waals surface area contributed by atoms with Crippen LogP contribution in [0.25, 0.3) is 5.69 Å². The average molecular weight is 509 g/mol. The van der Waals surface area contributed by atoms with Crippen LogP contribution in [0, 0.1) is 12.7 Å². The van der Waals surface area contributed by atoms with E-state index in [0.29, 0.717) is 5.82 Å². The lowest BCUT2D eigenvalue weighted by atomic mass is 9.87. The van der Waals surface area contributed by atoms with Crippen molar-refractivity contribution in [3.8, 4) is 5.69 Å². The van der Waals surface area contributed by atoms with Gasteiger partial charge < -0.3 is 5.32 Å². The van der Waals surface area contributed by atoms with Gasteiger partial charge in [0.25, 0.3) is 0 Å². The Morgan fingerprint density at radius 3 is 2.44 bits per heavy atom. The van der Waals surface area contributed by atoms with Crippen molar-refractivity contribution >= 4 is 29.4 Å². The number of aryl methyl sites for hydroxylation is 1. The molecule has 2 heterocycles. The molecule has 1 aliphatic heterocycles. The Bertz CT molecular complexity index is 1280. The molecule has 8 heteroatoms. The van der Waals surface area contributed by atoms with Gasteiger partial charge in [0, 0.05) is 17.0 Å². The van der Waals surface area contributed by atoms with E-state index in [1.807, 2.05) is 49.7 Å². The molecule has 0 saturated carbocycles. The van der Waals surface area contributed by atoms with Gasteiger partial charge in [-0.15, -0.1) is 11.8 Å². The second-order valence-electron chi connectivity index (χ2n) is 10.5. The van der Waals surface area contributed by atoms with Crippen LogP contribution in [0.3, 0.4) is 0 Å². The van der Waals surface area contributed by atoms with Crippen molar-refractivity contribution in [2.24, 2.45) is 0 Å². The molecule has 0 aliphatic carbocycles. The van der Waals surface area contributed by atoms with E-state index in [1.165, 1.54) is 23.9 Å². The number of benzene rings is 2. The van der Waals surface area contributed by atoms with Crippen LogP contribution < -0.4 is 10.2 Å². The lowest BCUT2D eigenvalue weighted by Crippen LogP contribution is -2.44. The monoisotopic (exact) mass is 508 g/mol. The van der Waals surface area contributed by atoms with Crippen molar-refractivity contribution in [2.45, 2.75) is 58.2 Å². The highest BCUT2D eigenvalue weighted by molar-refractivity contribution is 8.00. The molecule has 4 rings (SSSR count). The number of hydrogen-bond donors (Lipinski definition) is 1. The summed E-state index contributed by atoms with van der Waals surface area (Å²) in [6, 6.07) is 14.2. The molecule has 0 bridgehead atoms. The van der Waals surface area contributed by atoms with Crippen LogP contribution >= 0.6 is 11.8 Å². The molecule has 1 aliphatic rings. The van der Waals surface area contributed by atoms with Gasteiger partial charge in [-0.2, -0.15) is 5.10 Å². The highest BCUT2D eigenvalue weighted by Crippen LogP contribution is 2.48. The van der Waals surface area contributed by atoms with Crippen molar-refractivity contribution in [1.82, 2.24) is 15.1 Å². The van der Waals surface area contributed by atoms with E-state index < -0.39 is 0 Å². The third-order valence-corrected chi connectivity index (χ3v) is 7.32. The van der Waals surface area contributed by atoms with Crippen LogP contribution in [-0.2, 0) is 15.0 Å². The molecule has 0 saturated heterocycles. The topological polar surface area (TPSA) is 67.2 Å². The smallest absolute Gasteiger partial charge is 0.240 e. The van der Waals surface area contributed by atoms with E-state index in [-0.39, 0.29) is 46.6 Å². The Kier molecular flexibility index (Phi) is 7.27. The summed E-state index contributed by atoms with van der Waals surface area (Å²) < 4.78 is 15.6. The Morgan fingerprint density at radius 2 is 1.83 bits per heavy atom. The number of hydrogen-bond acceptors (Lipinski definition) is 4. The van der Waals surface area contributed by atoms with Crippen molar-refractivity contribution in [2.75, 3.05) is 17.2 Å². The van der Waals surface area contributed by atoms with Crippen LogP contribution in [0.4, 0.5) is 10.2 Å². The molecule has 2 aromatic carbocycles. The lowest BCUT2D eigenvalue weighted by Gasteiger charge is -2.25. The van der Waals surface area contributed by atoms with Gasteiger partial charge in [-0.3, -0.25) is 14.5 Å². The molecular formula is C28H33FN4O2S. The maximum atomic E-state index is 13.8. The molecule has 1 atom stereocenters. The third kappa shape index (κ3) is 5.19. The molecule has 1 unspecified atom stereocenters. The molecule has 0 spiro atoms. The number of carbonyl (C=O) groups excluding carboxylic acids is 2. The maximum Gasteiger partial charge on any atom is 0.240 e. The maximum absolute atomic E-state index is 13.8. The van der Waals surface area contributed by atoms with E-state index in [4.69, 9.17) is 5.10 Å². The minimum absolute atomic E-state index is 0.0493. The second-order valence-corrected chi connectivity index (χ2v) is 11.6. The van der Waals surface area contributed by atoms with Gasteiger partial charge in [-0.25, -0.2) is 9.07 Å². The van der Waals surface area contributed by atoms with Crippen LogP contribution in [-0.4, -0.2) is 39.9 Å². The summed E-state index contributed by atoms with van der Waals surface area (Å²) in [6.45, 7) is 11.9. The SMILES string of the molecule is Cc1ccccc1-n1nc(C(C)(C)C)c2c1N(CC(=O)NC(C)C)C(=O)CSC2c1ccc(F)cc1. The minimum atomic E-state index is -0.351. The molecule has 2 amide bonds. The van der Waals surface area contributed by atoms with Gasteiger partial charge in [0.05, 0.1) is 22.4 Å². The number of nitrogens with one attached hydrogen (secondary N) is 1. The summed E-state index contributed by atoms with van der Waals surface area (Å²) in [6.07, 6.45) is 0. The van der Waals surface area contributed by atoms with Crippen LogP contribution in [0.5, 0.6) is 0 Å². The number of carbonyl (C=O) groups is 2. The number of anilines is 1. The van der Waals surface area contributed by atoms with Crippen molar-refractivity contribution < 1.29 is 14.0 Å². The zero-order chi connectivity index (χ0) is 26.2. The summed E-state index contributed by atoms with van der Waals surface area (Å²) in [5, 5.41) is 7.74. The van der Waals surface area contributed by atoms with Crippen molar-refractivity contribution in [1.29, 1.82) is 0 Å². The Balaban J connectivity index is 2.02. The molecule has 0 fully saturated rings. The van der Waals surface area contributed by atoms with Gasteiger partial charge in [0.1, 0.15) is 18.2 Å². The van der Waals surface area contributed by atoms with Crippen LogP contribution in [0.2, 0.25) is 0 Å². The second kappa shape index (κ2) is 10.1. The van der Waals surface area contributed by atoms with Crippen LogP contribution in [0.1, 0.15) is 62.3 Å². The number of halogens is 1. The first kappa shape index (κ1) is 25.9. The molecular weight excluding hydrogens is 475 g/mol. The fourth-order valence-corrected chi connectivity index (χ4v) is 5.65. The van der Waals surface area contributed by atoms with Crippen LogP contribution in [0.15, 0.2) is 48.5 Å². The zero-order valence-corrected chi connectivity index (χ0v) is 22.4. The van der Waals surface area contributed by atoms with Gasteiger partial charge in [0.2, 0.25) is 11.8 Å². The molecule has 3 aromatic rings. The predicted octanol–water partition coefficient (Wildman–Crippen LogP) is 5.31. The predicted molar refractivity (Wildman–Crippen MR) is 143 cm³/mol. The largest absolute Gasteiger partial charge is 0.352 e. The standard InChI is InChI=1S/C28H33FN4O2S/c1-17(2)30-22(34)15-32-23(35)16-36-25(19-11-13-20(29)14-12-19)24-26(28(4,5)6)31-33(27(24)32)21-10-8-7-9-18(21)3/h7-14,17,25H,15-16H2,1-6H3,(H,30,34). The lowest BCUT2D eigenvalue weighted by molar-refractivity contribution is -0.123. The summed E-state index contributed by atoms with van der Waals surface area (Å²) in [5.41, 5.74) is 4.10. The number of amides is 2. The number of aromatic nitrogens is 2. The minimum Gasteiger partial charge on any atom is -0.352 e.